The number of aryl methyl sites for hydroxylation is 1. The number of aliphatic hydroxyl groups is 1. The van der Waals surface area contributed by atoms with Crippen LogP contribution in [0.1, 0.15) is 25.8 Å². The van der Waals surface area contributed by atoms with Gasteiger partial charge in [0.05, 0.1) is 6.20 Å². The van der Waals surface area contributed by atoms with Crippen molar-refractivity contribution in [1.29, 1.82) is 0 Å². The molecule has 0 bridgehead atoms. The zero-order valence-electron chi connectivity index (χ0n) is 11.1. The largest absolute Gasteiger partial charge is 0.396 e. The standard InChI is InChI=1S/C13H21N3O2/c1-10(2)12(6-7-17)15-13(18)5-4-11-8-14-16(3)9-11/h4-5,8-10,12,17H,6-7H2,1-3H3,(H,15,18)/b5-4+. The van der Waals surface area contributed by atoms with E-state index in [1.807, 2.05) is 27.1 Å². The average Bonchev–Trinajstić information content (AvgIpc) is 2.72. The first-order valence-electron chi connectivity index (χ1n) is 6.11. The second-order valence-electron chi connectivity index (χ2n) is 4.65. The zero-order valence-corrected chi connectivity index (χ0v) is 11.1. The second-order valence-corrected chi connectivity index (χ2v) is 4.65. The summed E-state index contributed by atoms with van der Waals surface area (Å²) in [4.78, 5) is 11.7. The molecule has 1 atom stereocenters. The number of nitrogens with zero attached hydrogens (tertiary/aromatic N) is 2. The summed E-state index contributed by atoms with van der Waals surface area (Å²) < 4.78 is 1.68. The molecule has 0 fully saturated rings. The van der Waals surface area contributed by atoms with Gasteiger partial charge in [0.25, 0.3) is 0 Å². The minimum Gasteiger partial charge on any atom is -0.396 e. The van der Waals surface area contributed by atoms with Crippen LogP contribution in [0.4, 0.5) is 0 Å². The molecule has 0 aliphatic carbocycles. The molecule has 5 heteroatoms. The van der Waals surface area contributed by atoms with E-state index in [1.165, 1.54) is 6.08 Å². The number of hydrogen-bond donors (Lipinski definition) is 2. The van der Waals surface area contributed by atoms with Crippen LogP contribution in [-0.4, -0.2) is 33.4 Å². The van der Waals surface area contributed by atoms with Crippen LogP contribution in [0.15, 0.2) is 18.5 Å². The molecule has 2 N–H and O–H groups in total. The summed E-state index contributed by atoms with van der Waals surface area (Å²) in [5, 5.41) is 15.8. The van der Waals surface area contributed by atoms with E-state index in [1.54, 1.807) is 17.0 Å². The summed E-state index contributed by atoms with van der Waals surface area (Å²) in [6, 6.07) is 0.000971. The molecule has 0 saturated carbocycles. The maximum atomic E-state index is 11.7. The maximum Gasteiger partial charge on any atom is 0.244 e. The fraction of sp³-hybridized carbons (Fsp3) is 0.538. The quantitative estimate of drug-likeness (QED) is 0.740. The van der Waals surface area contributed by atoms with Crippen molar-refractivity contribution in [3.05, 3.63) is 24.0 Å². The molecule has 1 amide bonds. The molecule has 1 aromatic rings. The normalized spacial score (nSPS) is 13.2. The molecule has 0 aliphatic rings. The number of carbonyl (C=O) groups is 1. The van der Waals surface area contributed by atoms with Gasteiger partial charge >= 0.3 is 0 Å². The molecule has 0 aromatic carbocycles. The topological polar surface area (TPSA) is 67.2 Å². The van der Waals surface area contributed by atoms with Gasteiger partial charge in [0.1, 0.15) is 0 Å². The molecule has 100 valence electrons. The Morgan fingerprint density at radius 2 is 2.33 bits per heavy atom. The van der Waals surface area contributed by atoms with Gasteiger partial charge in [-0.15, -0.1) is 0 Å². The van der Waals surface area contributed by atoms with Gasteiger partial charge in [-0.3, -0.25) is 9.48 Å². The van der Waals surface area contributed by atoms with Crippen LogP contribution >= 0.6 is 0 Å². The lowest BCUT2D eigenvalue weighted by Crippen LogP contribution is -2.38. The van der Waals surface area contributed by atoms with E-state index in [4.69, 9.17) is 5.11 Å². The molecule has 1 unspecified atom stereocenters. The summed E-state index contributed by atoms with van der Waals surface area (Å²) in [5.74, 6) is 0.152. The Kier molecular flexibility index (Phi) is 5.58. The Morgan fingerprint density at radius 1 is 1.61 bits per heavy atom. The van der Waals surface area contributed by atoms with Crippen molar-refractivity contribution in [2.45, 2.75) is 26.3 Å². The van der Waals surface area contributed by atoms with E-state index in [0.29, 0.717) is 12.3 Å². The Bertz CT molecular complexity index is 410. The van der Waals surface area contributed by atoms with Crippen LogP contribution in [0, 0.1) is 5.92 Å². The van der Waals surface area contributed by atoms with Crippen LogP contribution in [-0.2, 0) is 11.8 Å². The second kappa shape index (κ2) is 6.96. The highest BCUT2D eigenvalue weighted by Gasteiger charge is 2.13. The Hall–Kier alpha value is -1.62. The molecule has 1 aromatic heterocycles. The fourth-order valence-electron chi connectivity index (χ4n) is 1.64. The molecular formula is C13H21N3O2. The predicted molar refractivity (Wildman–Crippen MR) is 70.7 cm³/mol. The smallest absolute Gasteiger partial charge is 0.244 e. The van der Waals surface area contributed by atoms with Gasteiger partial charge in [-0.25, -0.2) is 0 Å². The molecule has 1 rings (SSSR count). The third kappa shape index (κ3) is 4.71. The SMILES string of the molecule is CC(C)C(CCO)NC(=O)/C=C/c1cnn(C)c1. The number of hydrogen-bond acceptors (Lipinski definition) is 3. The summed E-state index contributed by atoms with van der Waals surface area (Å²) in [6.07, 6.45) is 7.31. The predicted octanol–water partition coefficient (Wildman–Crippen LogP) is 0.956. The van der Waals surface area contributed by atoms with Crippen LogP contribution in [0.5, 0.6) is 0 Å². The zero-order chi connectivity index (χ0) is 13.5. The molecular weight excluding hydrogens is 230 g/mol. The number of amides is 1. The van der Waals surface area contributed by atoms with Crippen molar-refractivity contribution in [1.82, 2.24) is 15.1 Å². The fourth-order valence-corrected chi connectivity index (χ4v) is 1.64. The van der Waals surface area contributed by atoms with Gasteiger partial charge in [0.15, 0.2) is 0 Å². The van der Waals surface area contributed by atoms with Gasteiger partial charge in [0.2, 0.25) is 5.91 Å². The number of rotatable bonds is 6. The number of aromatic nitrogens is 2. The third-order valence-corrected chi connectivity index (χ3v) is 2.72. The summed E-state index contributed by atoms with van der Waals surface area (Å²) in [6.45, 7) is 4.12. The highest BCUT2D eigenvalue weighted by atomic mass is 16.3. The third-order valence-electron chi connectivity index (χ3n) is 2.72. The van der Waals surface area contributed by atoms with Crippen LogP contribution in [0.2, 0.25) is 0 Å². The first kappa shape index (κ1) is 14.4. The van der Waals surface area contributed by atoms with E-state index in [9.17, 15) is 4.79 Å². The van der Waals surface area contributed by atoms with Crippen molar-refractivity contribution in [3.63, 3.8) is 0 Å². The van der Waals surface area contributed by atoms with Gasteiger partial charge in [0, 0.05) is 37.5 Å². The van der Waals surface area contributed by atoms with Gasteiger partial charge < -0.3 is 10.4 Å². The van der Waals surface area contributed by atoms with E-state index >= 15 is 0 Å². The first-order chi connectivity index (χ1) is 8.52. The number of carbonyl (C=O) groups excluding carboxylic acids is 1. The van der Waals surface area contributed by atoms with Gasteiger partial charge in [-0.2, -0.15) is 5.10 Å². The highest BCUT2D eigenvalue weighted by Crippen LogP contribution is 2.06. The van der Waals surface area contributed by atoms with E-state index in [2.05, 4.69) is 10.4 Å². The van der Waals surface area contributed by atoms with Gasteiger partial charge in [-0.05, 0) is 18.4 Å². The monoisotopic (exact) mass is 251 g/mol. The van der Waals surface area contributed by atoms with E-state index < -0.39 is 0 Å². The summed E-state index contributed by atoms with van der Waals surface area (Å²) >= 11 is 0. The van der Waals surface area contributed by atoms with E-state index in [0.717, 1.165) is 5.56 Å². The van der Waals surface area contributed by atoms with Gasteiger partial charge in [-0.1, -0.05) is 13.8 Å². The minimum atomic E-state index is -0.147. The van der Waals surface area contributed by atoms with Crippen molar-refractivity contribution < 1.29 is 9.90 Å². The van der Waals surface area contributed by atoms with E-state index in [-0.39, 0.29) is 18.6 Å². The molecule has 0 spiro atoms. The Labute approximate surface area is 108 Å². The van der Waals surface area contributed by atoms with Crippen molar-refractivity contribution >= 4 is 12.0 Å². The lowest BCUT2D eigenvalue weighted by atomic mass is 10.0. The molecule has 1 heterocycles. The Balaban J connectivity index is 2.52. The van der Waals surface area contributed by atoms with Crippen molar-refractivity contribution in [2.75, 3.05) is 6.61 Å². The lowest BCUT2D eigenvalue weighted by molar-refractivity contribution is -0.117. The van der Waals surface area contributed by atoms with Crippen LogP contribution < -0.4 is 5.32 Å². The van der Waals surface area contributed by atoms with Crippen molar-refractivity contribution in [2.24, 2.45) is 13.0 Å². The summed E-state index contributed by atoms with van der Waals surface area (Å²) in [5.41, 5.74) is 0.885. The molecule has 0 radical (unpaired) electrons. The van der Waals surface area contributed by atoms with Crippen LogP contribution in [0.3, 0.4) is 0 Å². The molecule has 0 aliphatic heterocycles. The molecule has 0 saturated heterocycles. The number of aliphatic hydroxyl groups excluding tert-OH is 1. The minimum absolute atomic E-state index is 0.000971. The van der Waals surface area contributed by atoms with Crippen LogP contribution in [0.25, 0.3) is 6.08 Å². The average molecular weight is 251 g/mol. The Morgan fingerprint density at radius 3 is 2.83 bits per heavy atom. The lowest BCUT2D eigenvalue weighted by Gasteiger charge is -2.20. The maximum absolute atomic E-state index is 11.7. The first-order valence-corrected chi connectivity index (χ1v) is 6.11. The number of nitrogens with one attached hydrogen (secondary N) is 1. The van der Waals surface area contributed by atoms with Crippen molar-refractivity contribution in [3.8, 4) is 0 Å². The highest BCUT2D eigenvalue weighted by molar-refractivity contribution is 5.91. The molecule has 5 nitrogen and oxygen atoms in total. The molecule has 18 heavy (non-hydrogen) atoms. The summed E-state index contributed by atoms with van der Waals surface area (Å²) in [7, 11) is 1.83.